The normalized spacial score (nSPS) is 25.8. The van der Waals surface area contributed by atoms with Crippen LogP contribution in [0.15, 0.2) is 12.3 Å². The Morgan fingerprint density at radius 1 is 1.53 bits per heavy atom. The Labute approximate surface area is 103 Å². The van der Waals surface area contributed by atoms with Gasteiger partial charge in [-0.25, -0.2) is 4.98 Å². The molecular formula is C13H22N4. The molecule has 0 bridgehead atoms. The van der Waals surface area contributed by atoms with Crippen LogP contribution in [0.25, 0.3) is 0 Å². The molecule has 17 heavy (non-hydrogen) atoms. The molecule has 0 radical (unpaired) electrons. The molecule has 0 saturated carbocycles. The maximum Gasteiger partial charge on any atom is 0.149 e. The molecule has 1 aromatic rings. The standard InChI is InChI=1S/C13H22N4/c1-9-6-12(14)13(15-8-9)16-11-4-5-17(3)10(2)7-11/h6,8,10-11H,4-5,7,14H2,1-3H3,(H,15,16). The number of piperidine rings is 1. The minimum atomic E-state index is 0.485. The highest BCUT2D eigenvalue weighted by atomic mass is 15.2. The third-order valence-electron chi connectivity index (χ3n) is 3.60. The highest BCUT2D eigenvalue weighted by Gasteiger charge is 2.23. The lowest BCUT2D eigenvalue weighted by molar-refractivity contribution is 0.190. The molecule has 1 fully saturated rings. The number of rotatable bonds is 2. The maximum atomic E-state index is 5.97. The number of nitrogens with two attached hydrogens (primary N) is 1. The van der Waals surface area contributed by atoms with Gasteiger partial charge >= 0.3 is 0 Å². The second-order valence-electron chi connectivity index (χ2n) is 5.15. The second kappa shape index (κ2) is 4.92. The fraction of sp³-hybridized carbons (Fsp3) is 0.615. The average molecular weight is 234 g/mol. The minimum absolute atomic E-state index is 0.485. The Morgan fingerprint density at radius 2 is 2.29 bits per heavy atom. The first-order chi connectivity index (χ1) is 8.06. The Bertz CT molecular complexity index is 391. The minimum Gasteiger partial charge on any atom is -0.396 e. The average Bonchev–Trinajstić information content (AvgIpc) is 2.27. The molecule has 0 amide bonds. The summed E-state index contributed by atoms with van der Waals surface area (Å²) in [6.45, 7) is 5.40. The smallest absolute Gasteiger partial charge is 0.149 e. The molecule has 0 aliphatic carbocycles. The van der Waals surface area contributed by atoms with Crippen LogP contribution >= 0.6 is 0 Å². The van der Waals surface area contributed by atoms with Crippen molar-refractivity contribution in [2.75, 3.05) is 24.6 Å². The molecule has 1 aliphatic heterocycles. The molecule has 4 nitrogen and oxygen atoms in total. The lowest BCUT2D eigenvalue weighted by Gasteiger charge is -2.35. The van der Waals surface area contributed by atoms with Crippen LogP contribution in [0.4, 0.5) is 11.5 Å². The van der Waals surface area contributed by atoms with Crippen LogP contribution in [-0.4, -0.2) is 35.6 Å². The van der Waals surface area contributed by atoms with Crippen LogP contribution in [0.5, 0.6) is 0 Å². The van der Waals surface area contributed by atoms with E-state index in [0.717, 1.165) is 36.5 Å². The predicted octanol–water partition coefficient (Wildman–Crippen LogP) is 1.87. The van der Waals surface area contributed by atoms with Crippen molar-refractivity contribution >= 4 is 11.5 Å². The number of anilines is 2. The van der Waals surface area contributed by atoms with Crippen molar-refractivity contribution in [3.8, 4) is 0 Å². The summed E-state index contributed by atoms with van der Waals surface area (Å²) in [5, 5.41) is 3.46. The molecule has 3 N–H and O–H groups in total. The fourth-order valence-corrected chi connectivity index (χ4v) is 2.33. The van der Waals surface area contributed by atoms with Gasteiger partial charge < -0.3 is 16.0 Å². The molecule has 0 aromatic carbocycles. The van der Waals surface area contributed by atoms with Crippen molar-refractivity contribution < 1.29 is 0 Å². The summed E-state index contributed by atoms with van der Waals surface area (Å²) in [6.07, 6.45) is 4.15. The summed E-state index contributed by atoms with van der Waals surface area (Å²) >= 11 is 0. The first-order valence-corrected chi connectivity index (χ1v) is 6.25. The lowest BCUT2D eigenvalue weighted by atomic mass is 9.99. The number of pyridine rings is 1. The van der Waals surface area contributed by atoms with Crippen molar-refractivity contribution in [3.05, 3.63) is 17.8 Å². The summed E-state index contributed by atoms with van der Waals surface area (Å²) in [6, 6.07) is 3.07. The third-order valence-corrected chi connectivity index (χ3v) is 3.60. The van der Waals surface area contributed by atoms with E-state index in [0.29, 0.717) is 12.1 Å². The number of nitrogens with one attached hydrogen (secondary N) is 1. The van der Waals surface area contributed by atoms with Gasteiger partial charge in [-0.2, -0.15) is 0 Å². The van der Waals surface area contributed by atoms with Gasteiger partial charge in [-0.3, -0.25) is 0 Å². The monoisotopic (exact) mass is 234 g/mol. The zero-order chi connectivity index (χ0) is 12.4. The van der Waals surface area contributed by atoms with Crippen molar-refractivity contribution in [2.45, 2.75) is 38.8 Å². The van der Waals surface area contributed by atoms with E-state index in [9.17, 15) is 0 Å². The Hall–Kier alpha value is -1.29. The summed E-state index contributed by atoms with van der Waals surface area (Å²) < 4.78 is 0. The quantitative estimate of drug-likeness (QED) is 0.820. The maximum absolute atomic E-state index is 5.97. The molecule has 2 heterocycles. The number of nitrogens with zero attached hydrogens (tertiary/aromatic N) is 2. The number of hydrogen-bond acceptors (Lipinski definition) is 4. The summed E-state index contributed by atoms with van der Waals surface area (Å²) in [7, 11) is 2.18. The van der Waals surface area contributed by atoms with Crippen LogP contribution in [0.1, 0.15) is 25.3 Å². The second-order valence-corrected chi connectivity index (χ2v) is 5.15. The number of hydrogen-bond donors (Lipinski definition) is 2. The Balaban J connectivity index is 2.01. The number of aromatic nitrogens is 1. The van der Waals surface area contributed by atoms with E-state index in [1.165, 1.54) is 0 Å². The lowest BCUT2D eigenvalue weighted by Crippen LogP contribution is -2.42. The molecule has 1 saturated heterocycles. The van der Waals surface area contributed by atoms with Crippen LogP contribution < -0.4 is 11.1 Å². The Morgan fingerprint density at radius 3 is 2.94 bits per heavy atom. The van der Waals surface area contributed by atoms with Crippen molar-refractivity contribution in [2.24, 2.45) is 0 Å². The van der Waals surface area contributed by atoms with Crippen LogP contribution in [0, 0.1) is 6.92 Å². The van der Waals surface area contributed by atoms with Gasteiger partial charge in [0.25, 0.3) is 0 Å². The fourth-order valence-electron chi connectivity index (χ4n) is 2.33. The Kier molecular flexibility index (Phi) is 3.52. The van der Waals surface area contributed by atoms with Crippen molar-refractivity contribution in [1.82, 2.24) is 9.88 Å². The number of likely N-dealkylation sites (tertiary alicyclic amines) is 1. The van der Waals surface area contributed by atoms with Gasteiger partial charge in [0.1, 0.15) is 5.82 Å². The first-order valence-electron chi connectivity index (χ1n) is 6.25. The van der Waals surface area contributed by atoms with E-state index < -0.39 is 0 Å². The number of aryl methyl sites for hydroxylation is 1. The predicted molar refractivity (Wildman–Crippen MR) is 72.1 cm³/mol. The summed E-state index contributed by atoms with van der Waals surface area (Å²) in [5.74, 6) is 0.831. The van der Waals surface area contributed by atoms with E-state index >= 15 is 0 Å². The van der Waals surface area contributed by atoms with Gasteiger partial charge in [0.15, 0.2) is 0 Å². The van der Waals surface area contributed by atoms with E-state index in [1.807, 2.05) is 19.2 Å². The molecule has 0 spiro atoms. The third kappa shape index (κ3) is 2.88. The SMILES string of the molecule is Cc1cnc(NC2CCN(C)C(C)C2)c(N)c1. The molecule has 94 valence electrons. The molecule has 1 aromatic heterocycles. The summed E-state index contributed by atoms with van der Waals surface area (Å²) in [4.78, 5) is 6.76. The van der Waals surface area contributed by atoms with Gasteiger partial charge in [0, 0.05) is 24.8 Å². The zero-order valence-electron chi connectivity index (χ0n) is 10.9. The van der Waals surface area contributed by atoms with Crippen LogP contribution in [0.3, 0.4) is 0 Å². The molecule has 1 aliphatic rings. The molecular weight excluding hydrogens is 212 g/mol. The number of nitrogen functional groups attached to an aromatic ring is 1. The highest BCUT2D eigenvalue weighted by molar-refractivity contribution is 5.62. The first kappa shape index (κ1) is 12.2. The van der Waals surface area contributed by atoms with E-state index in [1.54, 1.807) is 0 Å². The molecule has 2 atom stereocenters. The topological polar surface area (TPSA) is 54.2 Å². The van der Waals surface area contributed by atoms with E-state index in [2.05, 4.69) is 29.2 Å². The van der Waals surface area contributed by atoms with E-state index in [-0.39, 0.29) is 0 Å². The zero-order valence-corrected chi connectivity index (χ0v) is 10.9. The molecule has 2 rings (SSSR count). The van der Waals surface area contributed by atoms with Gasteiger partial charge in [-0.1, -0.05) is 0 Å². The van der Waals surface area contributed by atoms with Gasteiger partial charge in [0.05, 0.1) is 5.69 Å². The largest absolute Gasteiger partial charge is 0.396 e. The van der Waals surface area contributed by atoms with Crippen LogP contribution in [-0.2, 0) is 0 Å². The van der Waals surface area contributed by atoms with Crippen molar-refractivity contribution in [1.29, 1.82) is 0 Å². The summed E-state index contributed by atoms with van der Waals surface area (Å²) in [5.41, 5.74) is 7.81. The highest BCUT2D eigenvalue weighted by Crippen LogP contribution is 2.22. The van der Waals surface area contributed by atoms with Gasteiger partial charge in [-0.05, 0) is 45.4 Å². The van der Waals surface area contributed by atoms with Crippen LogP contribution in [0.2, 0.25) is 0 Å². The van der Waals surface area contributed by atoms with Gasteiger partial charge in [0.2, 0.25) is 0 Å². The molecule has 2 unspecified atom stereocenters. The molecule has 4 heteroatoms. The van der Waals surface area contributed by atoms with E-state index in [4.69, 9.17) is 5.73 Å². The van der Waals surface area contributed by atoms with Gasteiger partial charge in [-0.15, -0.1) is 0 Å². The van der Waals surface area contributed by atoms with Crippen molar-refractivity contribution in [3.63, 3.8) is 0 Å².